The van der Waals surface area contributed by atoms with Gasteiger partial charge in [0.05, 0.1) is 11.7 Å². The fourth-order valence-corrected chi connectivity index (χ4v) is 5.01. The van der Waals surface area contributed by atoms with Gasteiger partial charge in [-0.15, -0.1) is 0 Å². The number of aliphatic hydroxyl groups is 1. The van der Waals surface area contributed by atoms with Crippen LogP contribution in [0, 0.1) is 0 Å². The zero-order valence-corrected chi connectivity index (χ0v) is 20.6. The van der Waals surface area contributed by atoms with E-state index in [1.165, 1.54) is 42.5 Å². The molecule has 2 unspecified atom stereocenters. The fourth-order valence-electron chi connectivity index (χ4n) is 5.01. The van der Waals surface area contributed by atoms with Gasteiger partial charge in [-0.1, -0.05) is 12.1 Å². The summed E-state index contributed by atoms with van der Waals surface area (Å²) in [5.74, 6) is -2.91. The highest BCUT2D eigenvalue weighted by Crippen LogP contribution is 2.48. The molecule has 0 fully saturated rings. The number of carbonyl (C=O) groups is 1. The van der Waals surface area contributed by atoms with Crippen molar-refractivity contribution in [2.45, 2.75) is 18.6 Å². The second kappa shape index (κ2) is 9.14. The first-order valence-corrected chi connectivity index (χ1v) is 12.2. The molecular formula is C30H22O10. The minimum atomic E-state index is -1.06. The molecule has 0 spiro atoms. The Morgan fingerprint density at radius 3 is 1.98 bits per heavy atom. The van der Waals surface area contributed by atoms with E-state index in [-0.39, 0.29) is 57.3 Å². The number of benzene rings is 4. The smallest absolute Gasteiger partial charge is 0.205 e. The van der Waals surface area contributed by atoms with Crippen molar-refractivity contribution in [1.29, 1.82) is 0 Å². The van der Waals surface area contributed by atoms with Crippen LogP contribution in [0.25, 0.3) is 22.3 Å². The second-order valence-corrected chi connectivity index (χ2v) is 9.52. The summed E-state index contributed by atoms with van der Waals surface area (Å²) in [6.45, 7) is 0. The largest absolute Gasteiger partial charge is 0.508 e. The van der Waals surface area contributed by atoms with E-state index < -0.39 is 40.8 Å². The van der Waals surface area contributed by atoms with Gasteiger partial charge in [-0.3, -0.25) is 4.79 Å². The number of carbonyl (C=O) groups excluding carboxylic acids is 1. The molecule has 40 heavy (non-hydrogen) atoms. The van der Waals surface area contributed by atoms with Crippen LogP contribution in [0.2, 0.25) is 0 Å². The summed E-state index contributed by atoms with van der Waals surface area (Å²) in [7, 11) is 0. The summed E-state index contributed by atoms with van der Waals surface area (Å²) in [5.41, 5.74) is 0.428. The molecule has 5 aromatic rings. The van der Waals surface area contributed by atoms with Crippen LogP contribution in [0.1, 0.15) is 33.2 Å². The maximum Gasteiger partial charge on any atom is 0.205 e. The van der Waals surface area contributed by atoms with Gasteiger partial charge in [0.1, 0.15) is 51.9 Å². The highest BCUT2D eigenvalue weighted by atomic mass is 16.5. The lowest BCUT2D eigenvalue weighted by Crippen LogP contribution is -2.30. The van der Waals surface area contributed by atoms with Gasteiger partial charge in [0.15, 0.2) is 11.3 Å². The van der Waals surface area contributed by atoms with Crippen molar-refractivity contribution in [3.05, 3.63) is 89.0 Å². The Balaban J connectivity index is 1.58. The van der Waals surface area contributed by atoms with E-state index in [0.717, 1.165) is 12.1 Å². The third-order valence-electron chi connectivity index (χ3n) is 6.92. The lowest BCUT2D eigenvalue weighted by Gasteiger charge is -2.31. The number of furan rings is 1. The van der Waals surface area contributed by atoms with E-state index in [9.17, 15) is 40.5 Å². The molecule has 1 aliphatic heterocycles. The first kappa shape index (κ1) is 25.0. The summed E-state index contributed by atoms with van der Waals surface area (Å²) in [5, 5.41) is 72.2. The van der Waals surface area contributed by atoms with Crippen molar-refractivity contribution < 1.29 is 49.7 Å². The van der Waals surface area contributed by atoms with Crippen LogP contribution in [-0.2, 0) is 6.42 Å². The lowest BCUT2D eigenvalue weighted by atomic mass is 9.91. The summed E-state index contributed by atoms with van der Waals surface area (Å²) in [6.07, 6.45) is -1.92. The fraction of sp³-hybridized carbons (Fsp3) is 0.100. The van der Waals surface area contributed by atoms with Gasteiger partial charge < -0.3 is 44.9 Å². The molecule has 202 valence electrons. The van der Waals surface area contributed by atoms with Crippen molar-refractivity contribution in [3.63, 3.8) is 0 Å². The number of phenolic OH excluding ortho intramolecular Hbond substituents is 6. The molecule has 10 nitrogen and oxygen atoms in total. The van der Waals surface area contributed by atoms with Gasteiger partial charge in [0, 0.05) is 35.1 Å². The van der Waals surface area contributed by atoms with Crippen molar-refractivity contribution >= 4 is 16.8 Å². The van der Waals surface area contributed by atoms with Crippen LogP contribution >= 0.6 is 0 Å². The van der Waals surface area contributed by atoms with Gasteiger partial charge in [-0.2, -0.15) is 0 Å². The van der Waals surface area contributed by atoms with Gasteiger partial charge in [-0.25, -0.2) is 0 Å². The summed E-state index contributed by atoms with van der Waals surface area (Å²) < 4.78 is 12.1. The molecule has 0 aliphatic carbocycles. The average molecular weight is 542 g/mol. The number of ether oxygens (including phenoxy) is 1. The number of aliphatic hydroxyl groups excluding tert-OH is 1. The van der Waals surface area contributed by atoms with Crippen LogP contribution in [-0.4, -0.2) is 47.6 Å². The summed E-state index contributed by atoms with van der Waals surface area (Å²) >= 11 is 0. The number of fused-ring (bicyclic) bond motifs is 2. The molecule has 4 aromatic carbocycles. The van der Waals surface area contributed by atoms with Crippen molar-refractivity contribution in [2.75, 3.05) is 0 Å². The predicted molar refractivity (Wildman–Crippen MR) is 141 cm³/mol. The number of hydrogen-bond acceptors (Lipinski definition) is 10. The standard InChI is InChI=1S/C30H22O10/c31-15-5-1-13(2-6-15)28-22(36)11-18-23(39-28)12-19-24(27(38)25-20(34)9-17(33)10-21(25)35)29(40-30(19)26(18)37)14-3-7-16(32)8-4-14/h1-10,12,22,28,31-37H,11H2. The molecule has 0 bridgehead atoms. The van der Waals surface area contributed by atoms with Crippen LogP contribution in [0.5, 0.6) is 40.2 Å². The normalized spacial score (nSPS) is 16.4. The Kier molecular flexibility index (Phi) is 5.70. The third kappa shape index (κ3) is 3.98. The molecule has 0 radical (unpaired) electrons. The van der Waals surface area contributed by atoms with Crippen LogP contribution in [0.4, 0.5) is 0 Å². The number of hydrogen-bond donors (Lipinski definition) is 7. The SMILES string of the molecule is O=C(c1c(O)cc(O)cc1O)c1c(-c2ccc(O)cc2)oc2c(O)c3c(cc12)OC(c1ccc(O)cc1)C(O)C3. The maximum absolute atomic E-state index is 13.9. The minimum Gasteiger partial charge on any atom is -0.508 e. The first-order chi connectivity index (χ1) is 19.1. The topological polar surface area (TPSA) is 181 Å². The molecule has 1 aromatic heterocycles. The molecule has 0 saturated heterocycles. The number of aromatic hydroxyl groups is 6. The number of rotatable bonds is 4. The van der Waals surface area contributed by atoms with E-state index >= 15 is 0 Å². The molecule has 0 amide bonds. The molecule has 7 N–H and O–H groups in total. The van der Waals surface area contributed by atoms with Gasteiger partial charge in [-0.05, 0) is 48.0 Å². The van der Waals surface area contributed by atoms with Gasteiger partial charge >= 0.3 is 0 Å². The molecule has 2 heterocycles. The summed E-state index contributed by atoms with van der Waals surface area (Å²) in [6, 6.07) is 15.1. The van der Waals surface area contributed by atoms with Crippen LogP contribution in [0.3, 0.4) is 0 Å². The Morgan fingerprint density at radius 1 is 0.750 bits per heavy atom. The lowest BCUT2D eigenvalue weighted by molar-refractivity contribution is 0.0201. The monoisotopic (exact) mass is 542 g/mol. The average Bonchev–Trinajstić information content (AvgIpc) is 3.29. The Bertz CT molecular complexity index is 1760. The maximum atomic E-state index is 13.9. The Morgan fingerprint density at radius 2 is 1.35 bits per heavy atom. The molecule has 10 heteroatoms. The van der Waals surface area contributed by atoms with Crippen LogP contribution < -0.4 is 4.74 Å². The molecule has 2 atom stereocenters. The second-order valence-electron chi connectivity index (χ2n) is 9.52. The van der Waals surface area contributed by atoms with Crippen molar-refractivity contribution in [1.82, 2.24) is 0 Å². The van der Waals surface area contributed by atoms with E-state index in [1.807, 2.05) is 0 Å². The van der Waals surface area contributed by atoms with E-state index in [0.29, 0.717) is 11.1 Å². The molecule has 6 rings (SSSR count). The minimum absolute atomic E-state index is 0.0132. The van der Waals surface area contributed by atoms with E-state index in [1.54, 1.807) is 12.1 Å². The van der Waals surface area contributed by atoms with Gasteiger partial charge in [0.25, 0.3) is 0 Å². The van der Waals surface area contributed by atoms with Crippen molar-refractivity contribution in [2.24, 2.45) is 0 Å². The zero-order chi connectivity index (χ0) is 28.3. The Labute approximate surface area is 225 Å². The third-order valence-corrected chi connectivity index (χ3v) is 6.92. The quantitative estimate of drug-likeness (QED) is 0.159. The number of ketones is 1. The van der Waals surface area contributed by atoms with Gasteiger partial charge in [0.2, 0.25) is 5.78 Å². The summed E-state index contributed by atoms with van der Waals surface area (Å²) in [4.78, 5) is 13.9. The van der Waals surface area contributed by atoms with Crippen molar-refractivity contribution in [3.8, 4) is 51.6 Å². The first-order valence-electron chi connectivity index (χ1n) is 12.2. The molecule has 0 saturated carbocycles. The molecular weight excluding hydrogens is 520 g/mol. The number of phenols is 6. The molecule has 1 aliphatic rings. The Hall–Kier alpha value is -5.35. The van der Waals surface area contributed by atoms with E-state index in [4.69, 9.17) is 9.15 Å². The van der Waals surface area contributed by atoms with E-state index in [2.05, 4.69) is 0 Å². The highest BCUT2D eigenvalue weighted by molar-refractivity contribution is 6.22. The zero-order valence-electron chi connectivity index (χ0n) is 20.6. The highest BCUT2D eigenvalue weighted by Gasteiger charge is 2.36. The predicted octanol–water partition coefficient (Wildman–Crippen LogP) is 4.60. The van der Waals surface area contributed by atoms with Crippen LogP contribution in [0.15, 0.2) is 71.1 Å².